The molecule has 2 heterocycles. The van der Waals surface area contributed by atoms with Crippen LogP contribution in [0.15, 0.2) is 71.8 Å². The quantitative estimate of drug-likeness (QED) is 0.324. The van der Waals surface area contributed by atoms with Gasteiger partial charge in [-0.3, -0.25) is 9.36 Å². The van der Waals surface area contributed by atoms with E-state index in [2.05, 4.69) is 15.8 Å². The summed E-state index contributed by atoms with van der Waals surface area (Å²) in [6.07, 6.45) is 5.19. The van der Waals surface area contributed by atoms with E-state index in [1.165, 1.54) is 24.1 Å². The second-order valence-corrected chi connectivity index (χ2v) is 8.91. The predicted molar refractivity (Wildman–Crippen MR) is 130 cm³/mol. The zero-order valence-corrected chi connectivity index (χ0v) is 19.0. The number of imidazole rings is 1. The van der Waals surface area contributed by atoms with Gasteiger partial charge >= 0.3 is 6.61 Å². The number of fused-ring (bicyclic) bond motifs is 2. The van der Waals surface area contributed by atoms with Gasteiger partial charge < -0.3 is 9.30 Å². The predicted octanol–water partition coefficient (Wildman–Crippen LogP) is 5.81. The van der Waals surface area contributed by atoms with Crippen molar-refractivity contribution in [1.82, 2.24) is 19.1 Å². The lowest BCUT2D eigenvalue weighted by Gasteiger charge is -2.26. The van der Waals surface area contributed by atoms with Crippen molar-refractivity contribution in [3.63, 3.8) is 0 Å². The van der Waals surface area contributed by atoms with Crippen LogP contribution >= 0.6 is 0 Å². The fraction of sp³-hybridized carbons (Fsp3) is 0.222. The first-order chi connectivity index (χ1) is 17.0. The number of nitrogens with zero attached hydrogens (tertiary/aromatic N) is 4. The molecule has 1 aliphatic carbocycles. The summed E-state index contributed by atoms with van der Waals surface area (Å²) < 4.78 is 33.3. The van der Waals surface area contributed by atoms with Crippen LogP contribution in [0.4, 0.5) is 8.78 Å². The highest BCUT2D eigenvalue weighted by Gasteiger charge is 2.22. The van der Waals surface area contributed by atoms with Crippen molar-refractivity contribution in [1.29, 1.82) is 0 Å². The van der Waals surface area contributed by atoms with Crippen molar-refractivity contribution in [2.45, 2.75) is 31.8 Å². The molecule has 6 nitrogen and oxygen atoms in total. The molecule has 3 aromatic carbocycles. The highest BCUT2D eigenvalue weighted by Crippen LogP contribution is 2.37. The number of aryl methyl sites for hydroxylation is 1. The van der Waals surface area contributed by atoms with Crippen molar-refractivity contribution in [2.75, 3.05) is 0 Å². The van der Waals surface area contributed by atoms with Gasteiger partial charge in [0.2, 0.25) is 0 Å². The van der Waals surface area contributed by atoms with E-state index in [1.807, 2.05) is 41.9 Å². The van der Waals surface area contributed by atoms with Gasteiger partial charge in [0.25, 0.3) is 5.56 Å². The van der Waals surface area contributed by atoms with Crippen molar-refractivity contribution in [3.05, 3.63) is 82.9 Å². The summed E-state index contributed by atoms with van der Waals surface area (Å²) in [6.45, 7) is -2.91. The van der Waals surface area contributed by atoms with E-state index in [0.29, 0.717) is 33.9 Å². The van der Waals surface area contributed by atoms with Crippen LogP contribution in [-0.2, 0) is 7.05 Å². The second-order valence-electron chi connectivity index (χ2n) is 8.91. The topological polar surface area (TPSA) is 61.9 Å². The molecule has 35 heavy (non-hydrogen) atoms. The summed E-state index contributed by atoms with van der Waals surface area (Å²) in [5.74, 6) is 0.517. The first-order valence-corrected chi connectivity index (χ1v) is 11.5. The molecule has 0 amide bonds. The molecule has 1 aliphatic rings. The number of hydrogen-bond acceptors (Lipinski definition) is 4. The standard InChI is InChI=1S/C27H22F2N4O2/c1-32-15-30-21-11-6-18(14-23(21)32)25-26(34)33(19-7-9-20(10-8-19)35-27(28)29)24-13-17(16-3-2-4-16)5-12-22(24)31-25/h5-16,27H,2-4H2,1H3. The molecule has 2 aromatic heterocycles. The molecule has 1 saturated carbocycles. The zero-order chi connectivity index (χ0) is 24.1. The maximum Gasteiger partial charge on any atom is 0.387 e. The van der Waals surface area contributed by atoms with Crippen LogP contribution in [-0.4, -0.2) is 25.7 Å². The van der Waals surface area contributed by atoms with Crippen LogP contribution < -0.4 is 10.3 Å². The van der Waals surface area contributed by atoms with Gasteiger partial charge in [0.05, 0.1) is 28.4 Å². The molecular formula is C27H22F2N4O2. The largest absolute Gasteiger partial charge is 0.435 e. The third-order valence-corrected chi connectivity index (χ3v) is 6.77. The summed E-state index contributed by atoms with van der Waals surface area (Å²) >= 11 is 0. The molecule has 1 fully saturated rings. The Balaban J connectivity index is 1.57. The minimum atomic E-state index is -2.91. The molecule has 6 rings (SSSR count). The Morgan fingerprint density at radius 1 is 0.971 bits per heavy atom. The maximum absolute atomic E-state index is 13.9. The average molecular weight is 472 g/mol. The van der Waals surface area contributed by atoms with E-state index in [-0.39, 0.29) is 11.3 Å². The molecule has 0 N–H and O–H groups in total. The Morgan fingerprint density at radius 2 is 1.74 bits per heavy atom. The van der Waals surface area contributed by atoms with Gasteiger partial charge in [-0.2, -0.15) is 8.78 Å². The lowest BCUT2D eigenvalue weighted by Crippen LogP contribution is -2.22. The van der Waals surface area contributed by atoms with Crippen LogP contribution in [0.2, 0.25) is 0 Å². The number of alkyl halides is 2. The zero-order valence-electron chi connectivity index (χ0n) is 19.0. The van der Waals surface area contributed by atoms with E-state index < -0.39 is 6.61 Å². The molecule has 0 aliphatic heterocycles. The summed E-state index contributed by atoms with van der Waals surface area (Å²) in [6, 6.07) is 17.8. The van der Waals surface area contributed by atoms with E-state index in [1.54, 1.807) is 23.0 Å². The molecule has 5 aromatic rings. The first kappa shape index (κ1) is 21.5. The number of halogens is 2. The van der Waals surface area contributed by atoms with Gasteiger partial charge in [-0.1, -0.05) is 18.6 Å². The number of aromatic nitrogens is 4. The Bertz CT molecular complexity index is 1620. The van der Waals surface area contributed by atoms with E-state index in [0.717, 1.165) is 23.9 Å². The lowest BCUT2D eigenvalue weighted by atomic mass is 9.80. The average Bonchev–Trinajstić information content (AvgIpc) is 3.18. The molecule has 0 spiro atoms. The second kappa shape index (κ2) is 8.30. The SMILES string of the molecule is Cn1cnc2ccc(-c3nc4ccc(C5CCC5)cc4n(-c4ccc(OC(F)F)cc4)c3=O)cc21. The monoisotopic (exact) mass is 472 g/mol. The van der Waals surface area contributed by atoms with Crippen LogP contribution in [0.1, 0.15) is 30.7 Å². The molecule has 0 unspecified atom stereocenters. The Morgan fingerprint density at radius 3 is 2.46 bits per heavy atom. The van der Waals surface area contributed by atoms with Gasteiger partial charge in [0.1, 0.15) is 11.4 Å². The third-order valence-electron chi connectivity index (χ3n) is 6.77. The molecule has 176 valence electrons. The van der Waals surface area contributed by atoms with Crippen molar-refractivity contribution >= 4 is 22.1 Å². The minimum absolute atomic E-state index is 0.0344. The number of benzene rings is 3. The first-order valence-electron chi connectivity index (χ1n) is 11.5. The number of ether oxygens (including phenoxy) is 1. The van der Waals surface area contributed by atoms with E-state index in [4.69, 9.17) is 4.98 Å². The normalized spacial score (nSPS) is 14.1. The Hall–Kier alpha value is -4.07. The summed E-state index contributed by atoms with van der Waals surface area (Å²) in [5, 5.41) is 0. The van der Waals surface area contributed by atoms with Crippen LogP contribution in [0.3, 0.4) is 0 Å². The third kappa shape index (κ3) is 3.75. The van der Waals surface area contributed by atoms with Crippen LogP contribution in [0, 0.1) is 0 Å². The fourth-order valence-corrected chi connectivity index (χ4v) is 4.69. The van der Waals surface area contributed by atoms with Gasteiger partial charge in [-0.25, -0.2) is 9.97 Å². The summed E-state index contributed by atoms with van der Waals surface area (Å²) in [7, 11) is 1.90. The van der Waals surface area contributed by atoms with Crippen LogP contribution in [0.25, 0.3) is 39.0 Å². The molecule has 0 saturated heterocycles. The van der Waals surface area contributed by atoms with Crippen molar-refractivity contribution in [2.24, 2.45) is 7.05 Å². The molecule has 0 bridgehead atoms. The smallest absolute Gasteiger partial charge is 0.387 e. The van der Waals surface area contributed by atoms with Crippen LogP contribution in [0.5, 0.6) is 5.75 Å². The van der Waals surface area contributed by atoms with Gasteiger partial charge in [-0.15, -0.1) is 0 Å². The fourth-order valence-electron chi connectivity index (χ4n) is 4.69. The van der Waals surface area contributed by atoms with Crippen molar-refractivity contribution in [3.8, 4) is 22.7 Å². The highest BCUT2D eigenvalue weighted by atomic mass is 19.3. The number of hydrogen-bond donors (Lipinski definition) is 0. The van der Waals surface area contributed by atoms with Gasteiger partial charge in [0.15, 0.2) is 0 Å². The molecule has 0 radical (unpaired) electrons. The van der Waals surface area contributed by atoms with Gasteiger partial charge in [0, 0.05) is 18.3 Å². The molecular weight excluding hydrogens is 450 g/mol. The Labute approximate surface area is 199 Å². The van der Waals surface area contributed by atoms with E-state index in [9.17, 15) is 13.6 Å². The van der Waals surface area contributed by atoms with Gasteiger partial charge in [-0.05, 0) is 72.9 Å². The summed E-state index contributed by atoms with van der Waals surface area (Å²) in [5.41, 5.74) is 5.53. The highest BCUT2D eigenvalue weighted by molar-refractivity contribution is 5.84. The number of rotatable bonds is 5. The maximum atomic E-state index is 13.9. The summed E-state index contributed by atoms with van der Waals surface area (Å²) in [4.78, 5) is 23.0. The van der Waals surface area contributed by atoms with E-state index >= 15 is 0 Å². The lowest BCUT2D eigenvalue weighted by molar-refractivity contribution is -0.0498. The minimum Gasteiger partial charge on any atom is -0.435 e. The van der Waals surface area contributed by atoms with Crippen molar-refractivity contribution < 1.29 is 13.5 Å². The molecule has 8 heteroatoms. The molecule has 0 atom stereocenters. The Kier molecular flexibility index (Phi) is 5.09.